The molecule has 0 saturated carbocycles. The number of hydrogen-bond donors (Lipinski definition) is 2. The lowest BCUT2D eigenvalue weighted by Crippen LogP contribution is -2.38. The summed E-state index contributed by atoms with van der Waals surface area (Å²) in [4.78, 5) is 2.37. The minimum Gasteiger partial charge on any atom is -0.387 e. The van der Waals surface area contributed by atoms with E-state index in [-0.39, 0.29) is 6.04 Å². The second-order valence-corrected chi connectivity index (χ2v) is 5.13. The molecule has 2 N–H and O–H groups in total. The Labute approximate surface area is 117 Å². The van der Waals surface area contributed by atoms with Crippen LogP contribution in [0, 0.1) is 6.92 Å². The summed E-state index contributed by atoms with van der Waals surface area (Å²) in [6.45, 7) is 12.5. The van der Waals surface area contributed by atoms with Crippen LogP contribution in [0.25, 0.3) is 0 Å². The Kier molecular flexibility index (Phi) is 7.06. The van der Waals surface area contributed by atoms with E-state index in [1.807, 2.05) is 31.2 Å². The summed E-state index contributed by atoms with van der Waals surface area (Å²) in [5.41, 5.74) is 2.20. The molecule has 2 unspecified atom stereocenters. The van der Waals surface area contributed by atoms with E-state index in [1.54, 1.807) is 0 Å². The highest BCUT2D eigenvalue weighted by atomic mass is 16.3. The second kappa shape index (κ2) is 8.31. The quantitative estimate of drug-likeness (QED) is 0.756. The van der Waals surface area contributed by atoms with Crippen LogP contribution in [0.3, 0.4) is 0 Å². The van der Waals surface area contributed by atoms with Crippen molar-refractivity contribution in [2.24, 2.45) is 0 Å². The molecule has 0 heterocycles. The highest BCUT2D eigenvalue weighted by Gasteiger charge is 2.15. The molecule has 0 radical (unpaired) electrons. The van der Waals surface area contributed by atoms with Crippen molar-refractivity contribution < 1.29 is 5.11 Å². The zero-order chi connectivity index (χ0) is 14.3. The molecule has 1 aromatic rings. The van der Waals surface area contributed by atoms with Gasteiger partial charge in [0.25, 0.3) is 0 Å². The van der Waals surface area contributed by atoms with E-state index in [4.69, 9.17) is 0 Å². The normalized spacial score (nSPS) is 14.6. The summed E-state index contributed by atoms with van der Waals surface area (Å²) in [6, 6.07) is 8.16. The van der Waals surface area contributed by atoms with Gasteiger partial charge in [-0.05, 0) is 32.5 Å². The van der Waals surface area contributed by atoms with Gasteiger partial charge in [-0.2, -0.15) is 0 Å². The van der Waals surface area contributed by atoms with Crippen molar-refractivity contribution in [3.8, 4) is 0 Å². The largest absolute Gasteiger partial charge is 0.387 e. The van der Waals surface area contributed by atoms with Crippen LogP contribution < -0.4 is 5.32 Å². The summed E-state index contributed by atoms with van der Waals surface area (Å²) in [5.74, 6) is 0. The van der Waals surface area contributed by atoms with Crippen LogP contribution in [0.1, 0.15) is 38.0 Å². The molecule has 1 aromatic carbocycles. The lowest BCUT2D eigenvalue weighted by atomic mass is 10.0. The average molecular weight is 264 g/mol. The predicted molar refractivity (Wildman–Crippen MR) is 81.4 cm³/mol. The number of likely N-dealkylation sites (N-methyl/N-ethyl adjacent to an activating group) is 1. The lowest BCUT2D eigenvalue weighted by Gasteiger charge is -2.23. The van der Waals surface area contributed by atoms with Gasteiger partial charge in [0.05, 0.1) is 6.10 Å². The van der Waals surface area contributed by atoms with Gasteiger partial charge in [-0.25, -0.2) is 0 Å². The van der Waals surface area contributed by atoms with Gasteiger partial charge in [-0.1, -0.05) is 43.7 Å². The first kappa shape index (κ1) is 16.2. The number of nitrogens with zero attached hydrogens (tertiary/aromatic N) is 1. The number of aryl methyl sites for hydroxylation is 1. The molecule has 19 heavy (non-hydrogen) atoms. The van der Waals surface area contributed by atoms with Gasteiger partial charge >= 0.3 is 0 Å². The van der Waals surface area contributed by atoms with Gasteiger partial charge < -0.3 is 15.3 Å². The maximum Gasteiger partial charge on any atom is 0.0940 e. The van der Waals surface area contributed by atoms with E-state index < -0.39 is 6.10 Å². The molecule has 0 aliphatic heterocycles. The Morgan fingerprint density at radius 3 is 2.26 bits per heavy atom. The van der Waals surface area contributed by atoms with E-state index in [1.165, 1.54) is 5.56 Å². The molecule has 108 valence electrons. The van der Waals surface area contributed by atoms with E-state index >= 15 is 0 Å². The van der Waals surface area contributed by atoms with Gasteiger partial charge in [0.2, 0.25) is 0 Å². The molecule has 0 amide bonds. The van der Waals surface area contributed by atoms with Crippen LogP contribution in [0.4, 0.5) is 0 Å². The number of benzene rings is 1. The average Bonchev–Trinajstić information content (AvgIpc) is 2.43. The summed E-state index contributed by atoms with van der Waals surface area (Å²) in [6.07, 6.45) is -0.447. The van der Waals surface area contributed by atoms with Crippen molar-refractivity contribution in [1.82, 2.24) is 10.2 Å². The standard InChI is InChI=1S/C16H28N2O/c1-5-18(6-2)12-11-17-14(4)16(19)15-9-7-13(3)8-10-15/h7-10,14,16-17,19H,5-6,11-12H2,1-4H3. The molecule has 0 aliphatic carbocycles. The molecule has 0 spiro atoms. The molecule has 0 aliphatic rings. The molecule has 0 aromatic heterocycles. The van der Waals surface area contributed by atoms with Crippen molar-refractivity contribution >= 4 is 0 Å². The van der Waals surface area contributed by atoms with Crippen LogP contribution in [0.2, 0.25) is 0 Å². The third-order valence-corrected chi connectivity index (χ3v) is 3.68. The Morgan fingerprint density at radius 2 is 1.74 bits per heavy atom. The zero-order valence-electron chi connectivity index (χ0n) is 12.7. The van der Waals surface area contributed by atoms with Gasteiger partial charge in [0, 0.05) is 19.1 Å². The zero-order valence-corrected chi connectivity index (χ0v) is 12.7. The minimum absolute atomic E-state index is 0.0678. The summed E-state index contributed by atoms with van der Waals surface area (Å²) >= 11 is 0. The van der Waals surface area contributed by atoms with Crippen molar-refractivity contribution in [2.45, 2.75) is 39.8 Å². The van der Waals surface area contributed by atoms with E-state index in [9.17, 15) is 5.11 Å². The van der Waals surface area contributed by atoms with Crippen LogP contribution in [-0.2, 0) is 0 Å². The van der Waals surface area contributed by atoms with Crippen LogP contribution in [-0.4, -0.2) is 42.2 Å². The van der Waals surface area contributed by atoms with Gasteiger partial charge in [0.1, 0.15) is 0 Å². The maximum absolute atomic E-state index is 10.3. The molecule has 0 saturated heterocycles. The second-order valence-electron chi connectivity index (χ2n) is 5.13. The molecule has 3 heteroatoms. The van der Waals surface area contributed by atoms with Crippen molar-refractivity contribution in [1.29, 1.82) is 0 Å². The molecule has 1 rings (SSSR count). The lowest BCUT2D eigenvalue weighted by molar-refractivity contribution is 0.134. The molecule has 0 fully saturated rings. The Bertz CT molecular complexity index is 346. The highest BCUT2D eigenvalue weighted by molar-refractivity contribution is 5.23. The van der Waals surface area contributed by atoms with Gasteiger partial charge in [-0.3, -0.25) is 0 Å². The Morgan fingerprint density at radius 1 is 1.16 bits per heavy atom. The van der Waals surface area contributed by atoms with Crippen LogP contribution in [0.5, 0.6) is 0 Å². The monoisotopic (exact) mass is 264 g/mol. The third-order valence-electron chi connectivity index (χ3n) is 3.68. The summed E-state index contributed by atoms with van der Waals surface area (Å²) in [7, 11) is 0. The van der Waals surface area contributed by atoms with E-state index in [0.717, 1.165) is 31.7 Å². The fourth-order valence-corrected chi connectivity index (χ4v) is 2.15. The van der Waals surface area contributed by atoms with Gasteiger partial charge in [-0.15, -0.1) is 0 Å². The smallest absolute Gasteiger partial charge is 0.0940 e. The third kappa shape index (κ3) is 5.31. The van der Waals surface area contributed by atoms with Crippen LogP contribution >= 0.6 is 0 Å². The van der Waals surface area contributed by atoms with Gasteiger partial charge in [0.15, 0.2) is 0 Å². The number of rotatable bonds is 8. The molecular weight excluding hydrogens is 236 g/mol. The number of aliphatic hydroxyl groups excluding tert-OH is 1. The predicted octanol–water partition coefficient (Wildman–Crippen LogP) is 2.35. The topological polar surface area (TPSA) is 35.5 Å². The fourth-order valence-electron chi connectivity index (χ4n) is 2.15. The van der Waals surface area contributed by atoms with Crippen molar-refractivity contribution in [3.05, 3.63) is 35.4 Å². The Hall–Kier alpha value is -0.900. The molecule has 2 atom stereocenters. The first-order valence-electron chi connectivity index (χ1n) is 7.28. The first-order valence-corrected chi connectivity index (χ1v) is 7.28. The summed E-state index contributed by atoms with van der Waals surface area (Å²) in [5, 5.41) is 13.7. The minimum atomic E-state index is -0.447. The Balaban J connectivity index is 2.40. The van der Waals surface area contributed by atoms with Crippen molar-refractivity contribution in [3.63, 3.8) is 0 Å². The highest BCUT2D eigenvalue weighted by Crippen LogP contribution is 2.17. The van der Waals surface area contributed by atoms with E-state index in [0.29, 0.717) is 0 Å². The number of hydrogen-bond acceptors (Lipinski definition) is 3. The summed E-state index contributed by atoms with van der Waals surface area (Å²) < 4.78 is 0. The maximum atomic E-state index is 10.3. The number of nitrogens with one attached hydrogen (secondary N) is 1. The van der Waals surface area contributed by atoms with E-state index in [2.05, 4.69) is 31.0 Å². The van der Waals surface area contributed by atoms with Crippen LogP contribution in [0.15, 0.2) is 24.3 Å². The fraction of sp³-hybridized carbons (Fsp3) is 0.625. The molecule has 3 nitrogen and oxygen atoms in total. The van der Waals surface area contributed by atoms with Crippen molar-refractivity contribution in [2.75, 3.05) is 26.2 Å². The number of aliphatic hydroxyl groups is 1. The first-order chi connectivity index (χ1) is 9.08. The molecule has 0 bridgehead atoms. The SMILES string of the molecule is CCN(CC)CCNC(C)C(O)c1ccc(C)cc1. The molecular formula is C16H28N2O.